The number of urea groups is 1. The lowest BCUT2D eigenvalue weighted by atomic mass is 9.99. The second-order valence-corrected chi connectivity index (χ2v) is 8.90. The highest BCUT2D eigenvalue weighted by Gasteiger charge is 2.53. The molecule has 14 heteroatoms. The molecule has 1 saturated heterocycles. The third-order valence-corrected chi connectivity index (χ3v) is 6.43. The van der Waals surface area contributed by atoms with E-state index in [1.807, 2.05) is 12.1 Å². The van der Waals surface area contributed by atoms with Gasteiger partial charge in [0.1, 0.15) is 6.04 Å². The molecule has 0 radical (unpaired) electrons. The summed E-state index contributed by atoms with van der Waals surface area (Å²) in [4.78, 5) is 42.1. The van der Waals surface area contributed by atoms with E-state index in [2.05, 4.69) is 14.6 Å². The van der Waals surface area contributed by atoms with Gasteiger partial charge in [-0.15, -0.1) is 15.6 Å². The van der Waals surface area contributed by atoms with Crippen LogP contribution < -0.4 is 5.32 Å². The SMILES string of the molecule is O=C(NCCc1ccncc1)c1cc2c(s1)[C@@H](C(=O)O)N1C[C@@H]2N(OS(=O)(=O)O)C1=O. The average molecular weight is 468 g/mol. The van der Waals surface area contributed by atoms with Crippen molar-refractivity contribution in [2.75, 3.05) is 13.1 Å². The summed E-state index contributed by atoms with van der Waals surface area (Å²) in [6, 6.07) is 1.64. The predicted octanol–water partition coefficient (Wildman–Crippen LogP) is 0.768. The van der Waals surface area contributed by atoms with Gasteiger partial charge >= 0.3 is 22.4 Å². The Morgan fingerprint density at radius 1 is 1.32 bits per heavy atom. The molecule has 0 aliphatic carbocycles. The highest BCUT2D eigenvalue weighted by Crippen LogP contribution is 2.47. The zero-order valence-corrected chi connectivity index (χ0v) is 17.3. The number of nitrogens with one attached hydrogen (secondary N) is 1. The van der Waals surface area contributed by atoms with E-state index in [9.17, 15) is 27.9 Å². The van der Waals surface area contributed by atoms with E-state index in [1.165, 1.54) is 6.07 Å². The fraction of sp³-hybridized carbons (Fsp3) is 0.294. The van der Waals surface area contributed by atoms with Crippen LogP contribution in [0, 0.1) is 0 Å². The average Bonchev–Trinajstić information content (AvgIpc) is 3.25. The molecule has 12 nitrogen and oxygen atoms in total. The highest BCUT2D eigenvalue weighted by atomic mass is 32.3. The molecule has 164 valence electrons. The van der Waals surface area contributed by atoms with E-state index < -0.39 is 40.4 Å². The van der Waals surface area contributed by atoms with Crippen molar-refractivity contribution in [1.82, 2.24) is 20.3 Å². The van der Waals surface area contributed by atoms with Crippen molar-refractivity contribution in [2.24, 2.45) is 0 Å². The van der Waals surface area contributed by atoms with Crippen LogP contribution in [0.5, 0.6) is 0 Å². The minimum atomic E-state index is -5.02. The number of aliphatic carboxylic acids is 1. The molecular weight excluding hydrogens is 452 g/mol. The number of rotatable bonds is 7. The fourth-order valence-electron chi connectivity index (χ4n) is 3.57. The van der Waals surface area contributed by atoms with Gasteiger partial charge in [0.2, 0.25) is 0 Å². The normalized spacial score (nSPS) is 20.0. The second kappa shape index (κ2) is 7.88. The van der Waals surface area contributed by atoms with Crippen molar-refractivity contribution >= 4 is 39.6 Å². The number of carboxylic acids is 1. The van der Waals surface area contributed by atoms with Gasteiger partial charge in [0.05, 0.1) is 11.4 Å². The van der Waals surface area contributed by atoms with Gasteiger partial charge in [0.25, 0.3) is 5.91 Å². The number of nitrogens with zero attached hydrogens (tertiary/aromatic N) is 3. The first-order chi connectivity index (χ1) is 14.7. The van der Waals surface area contributed by atoms with Crippen LogP contribution >= 0.6 is 11.3 Å². The van der Waals surface area contributed by atoms with Crippen molar-refractivity contribution in [1.29, 1.82) is 0 Å². The van der Waals surface area contributed by atoms with Crippen LogP contribution in [-0.2, 0) is 25.9 Å². The van der Waals surface area contributed by atoms with Crippen LogP contribution in [0.15, 0.2) is 30.6 Å². The summed E-state index contributed by atoms with van der Waals surface area (Å²) in [7, 11) is -5.02. The zero-order chi connectivity index (χ0) is 22.3. The minimum Gasteiger partial charge on any atom is -0.479 e. The summed E-state index contributed by atoms with van der Waals surface area (Å²) in [6.45, 7) is 0.165. The standard InChI is InChI=1S/C17H16N4O8S2/c22-15(19-6-3-9-1-4-18-5-2-9)12-7-10-11-8-20(13(16(23)24)14(10)30-12)17(25)21(11)29-31(26,27)28/h1-2,4-5,7,11,13H,3,6,8H2,(H,19,22)(H,23,24)(H,26,27,28)/t11-,13-/m0/s1. The van der Waals surface area contributed by atoms with Crippen LogP contribution in [0.2, 0.25) is 0 Å². The van der Waals surface area contributed by atoms with Gasteiger partial charge in [-0.25, -0.2) is 9.59 Å². The van der Waals surface area contributed by atoms with Gasteiger partial charge in [0.15, 0.2) is 6.04 Å². The molecule has 3 N–H and O–H groups in total. The monoisotopic (exact) mass is 468 g/mol. The van der Waals surface area contributed by atoms with Crippen molar-refractivity contribution in [2.45, 2.75) is 18.5 Å². The molecular formula is C17H16N4O8S2. The molecule has 0 aromatic carbocycles. The summed E-state index contributed by atoms with van der Waals surface area (Å²) in [6.07, 6.45) is 3.85. The number of fused-ring (bicyclic) bond motifs is 4. The summed E-state index contributed by atoms with van der Waals surface area (Å²) >= 11 is 0.905. The topological polar surface area (TPSA) is 166 Å². The molecule has 2 aliphatic heterocycles. The zero-order valence-electron chi connectivity index (χ0n) is 15.7. The van der Waals surface area contributed by atoms with Crippen molar-refractivity contribution in [3.8, 4) is 0 Å². The molecule has 4 rings (SSSR count). The summed E-state index contributed by atoms with van der Waals surface area (Å²) in [5, 5.41) is 12.8. The number of hydrogen-bond donors (Lipinski definition) is 3. The minimum absolute atomic E-state index is 0.168. The first-order valence-electron chi connectivity index (χ1n) is 8.96. The molecule has 0 unspecified atom stereocenters. The van der Waals surface area contributed by atoms with Crippen LogP contribution in [0.3, 0.4) is 0 Å². The maximum Gasteiger partial charge on any atom is 0.418 e. The third kappa shape index (κ3) is 4.10. The lowest BCUT2D eigenvalue weighted by molar-refractivity contribution is -0.142. The van der Waals surface area contributed by atoms with Crippen molar-refractivity contribution in [3.05, 3.63) is 51.5 Å². The van der Waals surface area contributed by atoms with E-state index in [1.54, 1.807) is 12.4 Å². The van der Waals surface area contributed by atoms with Gasteiger partial charge in [0, 0.05) is 23.8 Å². The Morgan fingerprint density at radius 2 is 2.03 bits per heavy atom. The molecule has 1 fully saturated rings. The van der Waals surface area contributed by atoms with Gasteiger partial charge in [-0.1, -0.05) is 0 Å². The summed E-state index contributed by atoms with van der Waals surface area (Å²) in [5.74, 6) is -1.77. The molecule has 2 aromatic heterocycles. The number of carboxylic acid groups (broad SMARTS) is 1. The largest absolute Gasteiger partial charge is 0.479 e. The Bertz CT molecular complexity index is 1150. The van der Waals surface area contributed by atoms with Crippen molar-refractivity contribution in [3.63, 3.8) is 0 Å². The highest BCUT2D eigenvalue weighted by molar-refractivity contribution is 7.80. The Kier molecular flexibility index (Phi) is 5.38. The van der Waals surface area contributed by atoms with Gasteiger partial charge in [-0.3, -0.25) is 14.3 Å². The number of thiophene rings is 1. The van der Waals surface area contributed by atoms with E-state index in [4.69, 9.17) is 4.55 Å². The first kappa shape index (κ1) is 21.2. The Hall–Kier alpha value is -3.07. The summed E-state index contributed by atoms with van der Waals surface area (Å²) < 4.78 is 35.6. The van der Waals surface area contributed by atoms with E-state index in [0.29, 0.717) is 18.0 Å². The second-order valence-electron chi connectivity index (χ2n) is 6.81. The number of aromatic nitrogens is 1. The van der Waals surface area contributed by atoms with Crippen LogP contribution in [-0.4, -0.2) is 64.0 Å². The molecule has 2 aliphatic rings. The summed E-state index contributed by atoms with van der Waals surface area (Å²) in [5.41, 5.74) is 1.26. The first-order valence-corrected chi connectivity index (χ1v) is 11.1. The maximum atomic E-state index is 12.6. The molecule has 0 spiro atoms. The number of pyridine rings is 1. The van der Waals surface area contributed by atoms with Gasteiger partial charge in [-0.05, 0) is 35.7 Å². The van der Waals surface area contributed by atoms with Crippen LogP contribution in [0.25, 0.3) is 0 Å². The Balaban J connectivity index is 1.57. The molecule has 2 bridgehead atoms. The molecule has 4 heterocycles. The number of hydrogen-bond acceptors (Lipinski definition) is 8. The quantitative estimate of drug-likeness (QED) is 0.497. The molecule has 31 heavy (non-hydrogen) atoms. The number of carbonyl (C=O) groups excluding carboxylic acids is 2. The lowest BCUT2D eigenvalue weighted by Crippen LogP contribution is -2.38. The predicted molar refractivity (Wildman–Crippen MR) is 104 cm³/mol. The van der Waals surface area contributed by atoms with Crippen molar-refractivity contribution < 1.29 is 36.7 Å². The molecule has 2 aromatic rings. The number of hydroxylamine groups is 2. The molecule has 3 amide bonds. The smallest absolute Gasteiger partial charge is 0.418 e. The van der Waals surface area contributed by atoms with Crippen LogP contribution in [0.1, 0.15) is 37.8 Å². The van der Waals surface area contributed by atoms with E-state index in [0.717, 1.165) is 21.8 Å². The maximum absolute atomic E-state index is 12.6. The number of carbonyl (C=O) groups is 3. The number of amides is 3. The Labute approximate surface area is 180 Å². The van der Waals surface area contributed by atoms with Gasteiger partial charge < -0.3 is 15.3 Å². The lowest BCUT2D eigenvalue weighted by Gasteiger charge is -2.27. The third-order valence-electron chi connectivity index (χ3n) is 4.88. The van der Waals surface area contributed by atoms with Gasteiger partial charge in [-0.2, -0.15) is 13.5 Å². The molecule has 0 saturated carbocycles. The van der Waals surface area contributed by atoms with Crippen LogP contribution in [0.4, 0.5) is 4.79 Å². The fourth-order valence-corrected chi connectivity index (χ4v) is 5.18. The van der Waals surface area contributed by atoms with E-state index >= 15 is 0 Å². The molecule has 2 atom stereocenters. The van der Waals surface area contributed by atoms with E-state index in [-0.39, 0.29) is 21.9 Å². The Morgan fingerprint density at radius 3 is 2.68 bits per heavy atom.